The number of aliphatic hydroxyl groups is 3. The number of carboxylic acid groups (broad SMARTS) is 1. The number of allylic oxidation sites excluding steroid dienone is 5. The van der Waals surface area contributed by atoms with E-state index in [1.807, 2.05) is 49.5 Å². The van der Waals surface area contributed by atoms with E-state index in [1.54, 1.807) is 6.08 Å². The van der Waals surface area contributed by atoms with Gasteiger partial charge in [0, 0.05) is 18.8 Å². The van der Waals surface area contributed by atoms with Crippen LogP contribution in [0.1, 0.15) is 51.9 Å². The van der Waals surface area contributed by atoms with E-state index in [4.69, 9.17) is 5.11 Å². The van der Waals surface area contributed by atoms with Gasteiger partial charge in [-0.1, -0.05) is 62.0 Å². The summed E-state index contributed by atoms with van der Waals surface area (Å²) in [7, 11) is 0. The molecule has 5 heteroatoms. The third-order valence-corrected chi connectivity index (χ3v) is 4.89. The van der Waals surface area contributed by atoms with Crippen LogP contribution < -0.4 is 0 Å². The van der Waals surface area contributed by atoms with Crippen LogP contribution >= 0.6 is 0 Å². The van der Waals surface area contributed by atoms with Crippen LogP contribution in [-0.4, -0.2) is 44.7 Å². The second-order valence-corrected chi connectivity index (χ2v) is 7.03. The SMILES string of the molecule is CC[C@H]1[C@H](/C=C/[C@@H](O)C/C=C\C/C=C\C/C=C\CCC(=O)O)[C@@H](O)C[C@H]1O. The minimum Gasteiger partial charge on any atom is -0.481 e. The highest BCUT2D eigenvalue weighted by atomic mass is 16.4. The van der Waals surface area contributed by atoms with Crippen molar-refractivity contribution in [1.82, 2.24) is 0 Å². The van der Waals surface area contributed by atoms with Crippen molar-refractivity contribution in [3.63, 3.8) is 0 Å². The molecule has 0 saturated heterocycles. The van der Waals surface area contributed by atoms with Crippen molar-refractivity contribution in [2.24, 2.45) is 11.8 Å². The zero-order valence-corrected chi connectivity index (χ0v) is 16.2. The van der Waals surface area contributed by atoms with E-state index in [0.717, 1.165) is 19.3 Å². The first kappa shape index (κ1) is 23.3. The van der Waals surface area contributed by atoms with Gasteiger partial charge < -0.3 is 20.4 Å². The summed E-state index contributed by atoms with van der Waals surface area (Å²) in [5, 5.41) is 38.5. The van der Waals surface area contributed by atoms with E-state index >= 15 is 0 Å². The van der Waals surface area contributed by atoms with Gasteiger partial charge in [-0.2, -0.15) is 0 Å². The Hall–Kier alpha value is -1.69. The zero-order chi connectivity index (χ0) is 20.1. The van der Waals surface area contributed by atoms with Crippen LogP contribution in [0.4, 0.5) is 0 Å². The molecule has 1 rings (SSSR count). The van der Waals surface area contributed by atoms with Crippen LogP contribution in [0.2, 0.25) is 0 Å². The highest BCUT2D eigenvalue weighted by molar-refractivity contribution is 5.66. The summed E-state index contributed by atoms with van der Waals surface area (Å²) in [5.74, 6) is -0.808. The Morgan fingerprint density at radius 1 is 1.04 bits per heavy atom. The molecule has 1 saturated carbocycles. The Kier molecular flexibility index (Phi) is 11.7. The lowest BCUT2D eigenvalue weighted by atomic mass is 9.90. The van der Waals surface area contributed by atoms with Crippen LogP contribution in [0.25, 0.3) is 0 Å². The summed E-state index contributed by atoms with van der Waals surface area (Å²) >= 11 is 0. The second-order valence-electron chi connectivity index (χ2n) is 7.03. The van der Waals surface area contributed by atoms with Gasteiger partial charge >= 0.3 is 5.97 Å². The van der Waals surface area contributed by atoms with Crippen molar-refractivity contribution in [3.05, 3.63) is 48.6 Å². The molecule has 0 heterocycles. The molecular formula is C22H34O5. The molecule has 0 bridgehead atoms. The summed E-state index contributed by atoms with van der Waals surface area (Å²) in [6.45, 7) is 2.01. The van der Waals surface area contributed by atoms with Gasteiger partial charge in [-0.05, 0) is 31.6 Å². The molecule has 4 N–H and O–H groups in total. The van der Waals surface area contributed by atoms with Crippen molar-refractivity contribution in [2.45, 2.75) is 70.2 Å². The fraction of sp³-hybridized carbons (Fsp3) is 0.591. The predicted molar refractivity (Wildman–Crippen MR) is 107 cm³/mol. The second kappa shape index (κ2) is 13.5. The van der Waals surface area contributed by atoms with Crippen LogP contribution in [0.3, 0.4) is 0 Å². The average Bonchev–Trinajstić information content (AvgIpc) is 2.90. The lowest BCUT2D eigenvalue weighted by molar-refractivity contribution is -0.136. The maximum atomic E-state index is 10.3. The van der Waals surface area contributed by atoms with Crippen molar-refractivity contribution < 1.29 is 25.2 Å². The maximum absolute atomic E-state index is 10.3. The smallest absolute Gasteiger partial charge is 0.303 e. The minimum absolute atomic E-state index is 0.0577. The first-order chi connectivity index (χ1) is 13.0. The minimum atomic E-state index is -0.778. The van der Waals surface area contributed by atoms with Gasteiger partial charge in [-0.3, -0.25) is 4.79 Å². The molecule has 0 aliphatic heterocycles. The Morgan fingerprint density at radius 3 is 2.30 bits per heavy atom. The van der Waals surface area contributed by atoms with Gasteiger partial charge in [0.15, 0.2) is 0 Å². The third-order valence-electron chi connectivity index (χ3n) is 4.89. The van der Waals surface area contributed by atoms with Crippen molar-refractivity contribution in [2.75, 3.05) is 0 Å². The van der Waals surface area contributed by atoms with Crippen LogP contribution in [0.5, 0.6) is 0 Å². The molecule has 0 radical (unpaired) electrons. The Labute approximate surface area is 162 Å². The van der Waals surface area contributed by atoms with Crippen molar-refractivity contribution >= 4 is 5.97 Å². The predicted octanol–water partition coefficient (Wildman–Crippen LogP) is 3.38. The fourth-order valence-electron chi connectivity index (χ4n) is 3.37. The number of rotatable bonds is 12. The summed E-state index contributed by atoms with van der Waals surface area (Å²) in [6, 6.07) is 0. The highest BCUT2D eigenvalue weighted by Crippen LogP contribution is 2.35. The largest absolute Gasteiger partial charge is 0.481 e. The van der Waals surface area contributed by atoms with E-state index < -0.39 is 24.3 Å². The highest BCUT2D eigenvalue weighted by Gasteiger charge is 2.38. The average molecular weight is 379 g/mol. The molecule has 0 aromatic heterocycles. The summed E-state index contributed by atoms with van der Waals surface area (Å²) in [4.78, 5) is 10.3. The molecule has 0 aromatic rings. The first-order valence-corrected chi connectivity index (χ1v) is 9.85. The van der Waals surface area contributed by atoms with Crippen LogP contribution in [-0.2, 0) is 4.79 Å². The summed E-state index contributed by atoms with van der Waals surface area (Å²) in [6.07, 6.45) is 17.8. The molecule has 27 heavy (non-hydrogen) atoms. The Morgan fingerprint density at radius 2 is 1.67 bits per heavy atom. The Balaban J connectivity index is 2.21. The zero-order valence-electron chi connectivity index (χ0n) is 16.2. The van der Waals surface area contributed by atoms with E-state index in [1.165, 1.54) is 0 Å². The van der Waals surface area contributed by atoms with Crippen LogP contribution in [0.15, 0.2) is 48.6 Å². The van der Waals surface area contributed by atoms with Gasteiger partial charge in [-0.25, -0.2) is 0 Å². The third kappa shape index (κ3) is 9.70. The molecular weight excluding hydrogens is 344 g/mol. The van der Waals surface area contributed by atoms with Gasteiger partial charge in [0.2, 0.25) is 0 Å². The van der Waals surface area contributed by atoms with E-state index in [2.05, 4.69) is 0 Å². The van der Waals surface area contributed by atoms with Crippen molar-refractivity contribution in [3.8, 4) is 0 Å². The topological polar surface area (TPSA) is 98.0 Å². The number of hydrogen-bond acceptors (Lipinski definition) is 4. The number of hydrogen-bond donors (Lipinski definition) is 4. The van der Waals surface area contributed by atoms with E-state index in [0.29, 0.717) is 19.3 Å². The molecule has 1 aliphatic carbocycles. The molecule has 0 aromatic carbocycles. The lowest BCUT2D eigenvalue weighted by Crippen LogP contribution is -2.20. The molecule has 152 valence electrons. The molecule has 0 unspecified atom stereocenters. The van der Waals surface area contributed by atoms with Crippen molar-refractivity contribution in [1.29, 1.82) is 0 Å². The number of carbonyl (C=O) groups is 1. The van der Waals surface area contributed by atoms with Crippen LogP contribution in [0, 0.1) is 11.8 Å². The lowest BCUT2D eigenvalue weighted by Gasteiger charge is -2.19. The molecule has 1 fully saturated rings. The number of aliphatic carboxylic acids is 1. The fourth-order valence-corrected chi connectivity index (χ4v) is 3.37. The Bertz CT molecular complexity index is 535. The standard InChI is InChI=1S/C22H34O5/c1-2-18-19(21(25)16-20(18)24)15-14-17(23)12-10-8-6-4-3-5-7-9-11-13-22(26)27/h3-4,7-10,14-15,17-21,23-25H,2,5-6,11-13,16H2,1H3,(H,26,27)/b4-3-,9-7-,10-8-,15-14+/t17-,18-,19-,20+,21-/m0/s1. The summed E-state index contributed by atoms with van der Waals surface area (Å²) in [5.41, 5.74) is 0. The van der Waals surface area contributed by atoms with E-state index in [-0.39, 0.29) is 18.3 Å². The van der Waals surface area contributed by atoms with Gasteiger partial charge in [-0.15, -0.1) is 0 Å². The van der Waals surface area contributed by atoms with Gasteiger partial charge in [0.25, 0.3) is 0 Å². The molecule has 1 aliphatic rings. The molecule has 5 atom stereocenters. The quantitative estimate of drug-likeness (QED) is 0.390. The molecule has 0 amide bonds. The van der Waals surface area contributed by atoms with Gasteiger partial charge in [0.1, 0.15) is 0 Å². The molecule has 0 spiro atoms. The maximum Gasteiger partial charge on any atom is 0.303 e. The number of aliphatic hydroxyl groups excluding tert-OH is 3. The first-order valence-electron chi connectivity index (χ1n) is 9.85. The number of carboxylic acids is 1. The molecule has 5 nitrogen and oxygen atoms in total. The monoisotopic (exact) mass is 378 g/mol. The normalized spacial score (nSPS) is 27.6. The van der Waals surface area contributed by atoms with E-state index in [9.17, 15) is 20.1 Å². The van der Waals surface area contributed by atoms with Gasteiger partial charge in [0.05, 0.1) is 18.3 Å². The summed E-state index contributed by atoms with van der Waals surface area (Å²) < 4.78 is 0.